The van der Waals surface area contributed by atoms with Crippen LogP contribution >= 0.6 is 0 Å². The third kappa shape index (κ3) is 8.21. The van der Waals surface area contributed by atoms with Gasteiger partial charge in [-0.25, -0.2) is 0 Å². The Hall–Kier alpha value is -9.50. The van der Waals surface area contributed by atoms with Crippen LogP contribution in [0.1, 0.15) is 87.2 Å². The minimum atomic E-state index is 0.433. The molecule has 2 nitrogen and oxygen atoms in total. The van der Waals surface area contributed by atoms with E-state index in [1.54, 1.807) is 5.56 Å². The fourth-order valence-electron chi connectivity index (χ4n) is 15.7. The molecule has 0 N–H and O–H groups in total. The molecule has 0 spiro atoms. The van der Waals surface area contributed by atoms with Gasteiger partial charge in [0, 0.05) is 34.1 Å². The Morgan fingerprint density at radius 1 is 0.190 bits per heavy atom. The van der Waals surface area contributed by atoms with Crippen LogP contribution in [0.4, 0.5) is 34.1 Å². The number of hydrogen-bond donors (Lipinski definition) is 0. The van der Waals surface area contributed by atoms with Gasteiger partial charge in [-0.3, -0.25) is 0 Å². The highest BCUT2D eigenvalue weighted by atomic mass is 15.1. The summed E-state index contributed by atoms with van der Waals surface area (Å²) in [6, 6.07) is 97.6. The van der Waals surface area contributed by atoms with Crippen molar-refractivity contribution < 1.29 is 0 Å². The largest absolute Gasteiger partial charge is 0.310 e. The van der Waals surface area contributed by atoms with E-state index >= 15 is 0 Å². The van der Waals surface area contributed by atoms with Crippen molar-refractivity contribution in [3.8, 4) is 0 Å². The summed E-state index contributed by atoms with van der Waals surface area (Å²) in [4.78, 5) is 5.11. The number of benzene rings is 15. The molecule has 0 unspecified atom stereocenters. The fourth-order valence-corrected chi connectivity index (χ4v) is 15.7. The summed E-state index contributed by atoms with van der Waals surface area (Å²) in [6.45, 7) is 0. The Labute approximate surface area is 490 Å². The third-order valence-electron chi connectivity index (χ3n) is 19.7. The molecule has 2 heteroatoms. The van der Waals surface area contributed by atoms with Gasteiger partial charge in [-0.15, -0.1) is 0 Å². The lowest BCUT2D eigenvalue weighted by molar-refractivity contribution is 0.445. The minimum absolute atomic E-state index is 0.433. The van der Waals surface area contributed by atoms with E-state index in [-0.39, 0.29) is 0 Å². The number of hydrogen-bond acceptors (Lipinski definition) is 2. The smallest absolute Gasteiger partial charge is 0.0468 e. The summed E-state index contributed by atoms with van der Waals surface area (Å²) >= 11 is 0. The van der Waals surface area contributed by atoms with Crippen molar-refractivity contribution in [2.45, 2.75) is 76.0 Å². The van der Waals surface area contributed by atoms with E-state index in [0.29, 0.717) is 11.8 Å². The van der Waals surface area contributed by atoms with Crippen LogP contribution < -0.4 is 9.80 Å². The SMILES string of the molecule is c1ccc2c(c1)ccc1cc(N(c3ccc4c(ccc5ccccc54)c3)c3ccc4c(C5CCCCC5)c5ccc(N(c6ccc7c(ccc8ccccc87)c6)c6ccc7c(ccc8ccccc87)c6)cc5c(C5CCCCC5)c4c3)ccc12. The van der Waals surface area contributed by atoms with Gasteiger partial charge in [0.1, 0.15) is 0 Å². The summed E-state index contributed by atoms with van der Waals surface area (Å²) in [6.07, 6.45) is 12.5. The Balaban J connectivity index is 0.919. The highest BCUT2D eigenvalue weighted by molar-refractivity contribution is 6.14. The van der Waals surface area contributed by atoms with Gasteiger partial charge in [-0.1, -0.05) is 221 Å². The van der Waals surface area contributed by atoms with E-state index in [4.69, 9.17) is 0 Å². The molecule has 15 aromatic rings. The number of nitrogens with zero attached hydrogens (tertiary/aromatic N) is 2. The average Bonchev–Trinajstić information content (AvgIpc) is 3.74. The molecule has 2 saturated carbocycles. The Bertz CT molecular complexity index is 4590. The van der Waals surface area contributed by atoms with Crippen molar-refractivity contribution in [2.75, 3.05) is 9.80 Å². The van der Waals surface area contributed by atoms with Gasteiger partial charge < -0.3 is 9.80 Å². The predicted molar refractivity (Wildman–Crippen MR) is 363 cm³/mol. The number of fused-ring (bicyclic) bond motifs is 14. The highest BCUT2D eigenvalue weighted by Crippen LogP contribution is 2.51. The Morgan fingerprint density at radius 2 is 0.429 bits per heavy atom. The van der Waals surface area contributed by atoms with Crippen LogP contribution in [0.25, 0.3) is 108 Å². The molecule has 0 aromatic heterocycles. The Kier molecular flexibility index (Phi) is 11.8. The predicted octanol–water partition coefficient (Wildman–Crippen LogP) is 24.3. The molecule has 0 amide bonds. The standard InChI is InChI=1S/C82H64N2/c1-3-19-57(20-4-1)81-77-45-39-67(83(63-35-41-73-59(47-63)31-27-53-15-7-11-23-69(53)73)64-36-42-74-60(48-64)32-28-54-16-8-12-24-70(54)74)51-79(77)82(58-21-5-2-6-22-58)80-52-68(40-46-78(80)81)84(65-37-43-75-61(49-65)33-29-55-17-9-13-25-71(55)75)66-38-44-76-62(50-66)34-30-56-18-10-14-26-72(56)76/h7-18,23-52,57-58H,1-6,19-22H2. The van der Waals surface area contributed by atoms with Crippen LogP contribution in [0.3, 0.4) is 0 Å². The molecule has 402 valence electrons. The van der Waals surface area contributed by atoms with Crippen LogP contribution in [-0.2, 0) is 0 Å². The maximum absolute atomic E-state index is 2.63. The molecule has 15 aromatic carbocycles. The quantitative estimate of drug-likeness (QED) is 0.111. The topological polar surface area (TPSA) is 6.48 Å². The molecule has 0 radical (unpaired) electrons. The van der Waals surface area contributed by atoms with E-state index < -0.39 is 0 Å². The third-order valence-corrected chi connectivity index (χ3v) is 19.7. The molecule has 0 aliphatic heterocycles. The zero-order chi connectivity index (χ0) is 55.2. The van der Waals surface area contributed by atoms with Crippen molar-refractivity contribution in [3.05, 3.63) is 266 Å². The van der Waals surface area contributed by atoms with Crippen LogP contribution in [0.15, 0.2) is 255 Å². The van der Waals surface area contributed by atoms with Gasteiger partial charge in [-0.05, 0) is 229 Å². The molecule has 0 bridgehead atoms. The van der Waals surface area contributed by atoms with Gasteiger partial charge in [-0.2, -0.15) is 0 Å². The maximum Gasteiger partial charge on any atom is 0.0468 e. The van der Waals surface area contributed by atoms with Gasteiger partial charge in [0.15, 0.2) is 0 Å². The average molecular weight is 1080 g/mol. The molecule has 2 aliphatic rings. The van der Waals surface area contributed by atoms with E-state index in [9.17, 15) is 0 Å². The van der Waals surface area contributed by atoms with Crippen molar-refractivity contribution in [2.24, 2.45) is 0 Å². The first kappa shape index (κ1) is 49.1. The zero-order valence-electron chi connectivity index (χ0n) is 47.4. The summed E-state index contributed by atoms with van der Waals surface area (Å²) in [5.41, 5.74) is 10.1. The second-order valence-electron chi connectivity index (χ2n) is 24.4. The zero-order valence-corrected chi connectivity index (χ0v) is 47.4. The monoisotopic (exact) mass is 1080 g/mol. The first-order valence-electron chi connectivity index (χ1n) is 30.9. The summed E-state index contributed by atoms with van der Waals surface area (Å²) < 4.78 is 0. The molecular weight excluding hydrogens is 1010 g/mol. The van der Waals surface area contributed by atoms with Crippen LogP contribution in [0.2, 0.25) is 0 Å². The van der Waals surface area contributed by atoms with Crippen LogP contribution in [-0.4, -0.2) is 0 Å². The fraction of sp³-hybridized carbons (Fsp3) is 0.146. The Morgan fingerprint density at radius 3 is 0.738 bits per heavy atom. The van der Waals surface area contributed by atoms with E-state index in [1.807, 2.05) is 0 Å². The van der Waals surface area contributed by atoms with Crippen molar-refractivity contribution in [1.29, 1.82) is 0 Å². The van der Waals surface area contributed by atoms with Crippen LogP contribution in [0.5, 0.6) is 0 Å². The summed E-state index contributed by atoms with van der Waals surface area (Å²) in [5.74, 6) is 0.923. The molecule has 84 heavy (non-hydrogen) atoms. The van der Waals surface area contributed by atoms with Gasteiger partial charge in [0.25, 0.3) is 0 Å². The van der Waals surface area contributed by atoms with Crippen molar-refractivity contribution in [3.63, 3.8) is 0 Å². The van der Waals surface area contributed by atoms with E-state index in [2.05, 4.69) is 265 Å². The van der Waals surface area contributed by atoms with Gasteiger partial charge >= 0.3 is 0 Å². The van der Waals surface area contributed by atoms with Crippen LogP contribution in [0, 0.1) is 0 Å². The molecule has 2 aliphatic carbocycles. The summed E-state index contributed by atoms with van der Waals surface area (Å²) in [7, 11) is 0. The second kappa shape index (κ2) is 20.1. The lowest BCUT2D eigenvalue weighted by Crippen LogP contribution is -2.13. The van der Waals surface area contributed by atoms with E-state index in [1.165, 1.54) is 189 Å². The van der Waals surface area contributed by atoms with Crippen molar-refractivity contribution >= 4 is 142 Å². The van der Waals surface area contributed by atoms with Gasteiger partial charge in [0.05, 0.1) is 0 Å². The summed E-state index contributed by atoms with van der Waals surface area (Å²) in [5, 5.41) is 26.1. The highest BCUT2D eigenvalue weighted by Gasteiger charge is 2.29. The molecule has 0 atom stereocenters. The molecule has 0 saturated heterocycles. The van der Waals surface area contributed by atoms with E-state index in [0.717, 1.165) is 22.7 Å². The lowest BCUT2D eigenvalue weighted by atomic mass is 9.74. The van der Waals surface area contributed by atoms with Crippen molar-refractivity contribution in [1.82, 2.24) is 0 Å². The molecule has 17 rings (SSSR count). The number of rotatable bonds is 8. The molecule has 2 fully saturated rings. The second-order valence-corrected chi connectivity index (χ2v) is 24.4. The van der Waals surface area contributed by atoms with Gasteiger partial charge in [0.2, 0.25) is 0 Å². The molecule has 0 heterocycles. The minimum Gasteiger partial charge on any atom is -0.310 e. The normalized spacial score (nSPS) is 14.6. The first-order valence-corrected chi connectivity index (χ1v) is 30.9. The lowest BCUT2D eigenvalue weighted by Gasteiger charge is -2.32. The first-order chi connectivity index (χ1) is 41.6. The maximum atomic E-state index is 2.63. The molecular formula is C82H64N2. The number of anilines is 6.